The van der Waals surface area contributed by atoms with E-state index < -0.39 is 0 Å². The van der Waals surface area contributed by atoms with Crippen LogP contribution in [0.15, 0.2) is 4.79 Å². The van der Waals surface area contributed by atoms with Gasteiger partial charge in [0.2, 0.25) is 0 Å². The first-order chi connectivity index (χ1) is 11.6. The number of carbonyl (C=O) groups excluding carboxylic acids is 1. The zero-order valence-corrected chi connectivity index (χ0v) is 16.0. The molecule has 0 fully saturated rings. The van der Waals surface area contributed by atoms with Gasteiger partial charge in [0.15, 0.2) is 0 Å². The maximum Gasteiger partial charge on any atom is 0.262 e. The van der Waals surface area contributed by atoms with Crippen molar-refractivity contribution in [2.24, 2.45) is 0 Å². The number of amides is 1. The molecule has 0 unspecified atom stereocenters. The molecule has 0 saturated heterocycles. The number of carbonyl (C=O) groups is 1. The number of hydrogen-bond acceptors (Lipinski definition) is 6. The molecule has 2 aromatic rings. The molecule has 1 amide bonds. The number of ether oxygens (including phenoxy) is 1. The molecule has 25 heavy (non-hydrogen) atoms. The van der Waals surface area contributed by atoms with Gasteiger partial charge in [-0.15, -0.1) is 23.7 Å². The molecule has 1 aliphatic rings. The summed E-state index contributed by atoms with van der Waals surface area (Å²) < 4.78 is 6.69. The molecule has 3 rings (SSSR count). The smallest absolute Gasteiger partial charge is 0.262 e. The topological polar surface area (TPSA) is 85.2 Å². The monoisotopic (exact) mass is 386 g/mol. The summed E-state index contributed by atoms with van der Waals surface area (Å²) in [5.41, 5.74) is 0.723. The fourth-order valence-electron chi connectivity index (χ4n) is 2.94. The third-order valence-electron chi connectivity index (χ3n) is 4.19. The largest absolute Gasteiger partial charge is 0.383 e. The molecule has 0 spiro atoms. The van der Waals surface area contributed by atoms with Gasteiger partial charge >= 0.3 is 0 Å². The molecule has 3 heterocycles. The van der Waals surface area contributed by atoms with E-state index in [4.69, 9.17) is 4.74 Å². The zero-order valence-electron chi connectivity index (χ0n) is 14.4. The van der Waals surface area contributed by atoms with Crippen LogP contribution in [0, 0.1) is 6.92 Å². The number of halogens is 1. The van der Waals surface area contributed by atoms with Gasteiger partial charge in [0.05, 0.1) is 16.9 Å². The van der Waals surface area contributed by atoms with Crippen LogP contribution in [0.1, 0.15) is 27.5 Å². The Morgan fingerprint density at radius 1 is 1.36 bits per heavy atom. The quantitative estimate of drug-likeness (QED) is 0.696. The highest BCUT2D eigenvalue weighted by Gasteiger charge is 2.22. The van der Waals surface area contributed by atoms with Gasteiger partial charge in [0.25, 0.3) is 11.5 Å². The Hall–Kier alpha value is -1.48. The Morgan fingerprint density at radius 2 is 2.16 bits per heavy atom. The van der Waals surface area contributed by atoms with Crippen LogP contribution in [0.5, 0.6) is 0 Å². The van der Waals surface area contributed by atoms with E-state index in [-0.39, 0.29) is 23.9 Å². The molecule has 0 aromatic carbocycles. The van der Waals surface area contributed by atoms with Crippen LogP contribution in [0.2, 0.25) is 0 Å². The highest BCUT2D eigenvalue weighted by atomic mass is 35.5. The van der Waals surface area contributed by atoms with Gasteiger partial charge in [-0.1, -0.05) is 0 Å². The molecule has 138 valence electrons. The summed E-state index contributed by atoms with van der Waals surface area (Å²) >= 11 is 1.31. The first-order valence-corrected chi connectivity index (χ1v) is 8.95. The molecule has 0 saturated carbocycles. The lowest BCUT2D eigenvalue weighted by Crippen LogP contribution is -2.33. The third kappa shape index (κ3) is 4.03. The summed E-state index contributed by atoms with van der Waals surface area (Å²) in [4.78, 5) is 30.9. The number of aryl methyl sites for hydroxylation is 2. The maximum absolute atomic E-state index is 12.6. The van der Waals surface area contributed by atoms with Crippen molar-refractivity contribution in [3.8, 4) is 0 Å². The summed E-state index contributed by atoms with van der Waals surface area (Å²) in [6, 6.07) is 0. The lowest BCUT2D eigenvalue weighted by Gasteiger charge is -2.06. The molecule has 2 aromatic heterocycles. The predicted molar refractivity (Wildman–Crippen MR) is 101 cm³/mol. The minimum atomic E-state index is -0.145. The van der Waals surface area contributed by atoms with Crippen LogP contribution in [-0.2, 0) is 17.7 Å². The summed E-state index contributed by atoms with van der Waals surface area (Å²) in [5, 5.41) is 6.65. The number of nitrogens with zero attached hydrogens (tertiary/aromatic N) is 2. The number of thiophene rings is 1. The molecule has 1 aliphatic heterocycles. The average molecular weight is 387 g/mol. The molecule has 0 radical (unpaired) electrons. The minimum Gasteiger partial charge on any atom is -0.383 e. The number of rotatable bonds is 7. The molecular weight excluding hydrogens is 364 g/mol. The van der Waals surface area contributed by atoms with Gasteiger partial charge in [-0.05, 0) is 18.9 Å². The van der Waals surface area contributed by atoms with Crippen LogP contribution in [0.25, 0.3) is 10.2 Å². The van der Waals surface area contributed by atoms with E-state index in [0.29, 0.717) is 34.8 Å². The van der Waals surface area contributed by atoms with Crippen LogP contribution < -0.4 is 16.2 Å². The molecule has 0 atom stereocenters. The summed E-state index contributed by atoms with van der Waals surface area (Å²) in [6.07, 6.45) is 1.79. The van der Waals surface area contributed by atoms with Crippen molar-refractivity contribution in [2.45, 2.75) is 26.3 Å². The second kappa shape index (κ2) is 8.75. The first kappa shape index (κ1) is 19.8. The fraction of sp³-hybridized carbons (Fsp3) is 0.562. The lowest BCUT2D eigenvalue weighted by molar-refractivity contribution is 0.0957. The van der Waals surface area contributed by atoms with E-state index in [2.05, 4.69) is 15.6 Å². The normalized spacial score (nSPS) is 12.9. The Bertz CT molecular complexity index is 818. The third-order valence-corrected chi connectivity index (χ3v) is 5.37. The minimum absolute atomic E-state index is 0. The predicted octanol–water partition coefficient (Wildman–Crippen LogP) is 1.10. The van der Waals surface area contributed by atoms with E-state index in [1.54, 1.807) is 11.7 Å². The summed E-state index contributed by atoms with van der Waals surface area (Å²) in [6.45, 7) is 5.15. The fourth-order valence-corrected chi connectivity index (χ4v) is 4.04. The first-order valence-electron chi connectivity index (χ1n) is 8.14. The van der Waals surface area contributed by atoms with Gasteiger partial charge in [-0.3, -0.25) is 14.2 Å². The van der Waals surface area contributed by atoms with Gasteiger partial charge in [-0.25, -0.2) is 4.98 Å². The van der Waals surface area contributed by atoms with Crippen LogP contribution >= 0.6 is 23.7 Å². The summed E-state index contributed by atoms with van der Waals surface area (Å²) in [7, 11) is 1.65. The molecule has 0 aliphatic carbocycles. The van der Waals surface area contributed by atoms with Crippen LogP contribution in [0.4, 0.5) is 0 Å². The van der Waals surface area contributed by atoms with Crippen molar-refractivity contribution < 1.29 is 9.53 Å². The maximum atomic E-state index is 12.6. The van der Waals surface area contributed by atoms with Gasteiger partial charge in [0, 0.05) is 39.7 Å². The Kier molecular flexibility index (Phi) is 6.95. The lowest BCUT2D eigenvalue weighted by atomic mass is 10.2. The van der Waals surface area contributed by atoms with Crippen LogP contribution in [-0.4, -0.2) is 48.8 Å². The highest BCUT2D eigenvalue weighted by molar-refractivity contribution is 7.20. The van der Waals surface area contributed by atoms with Gasteiger partial charge < -0.3 is 15.4 Å². The van der Waals surface area contributed by atoms with E-state index in [1.165, 1.54) is 11.3 Å². The second-order valence-corrected chi connectivity index (χ2v) is 6.82. The van der Waals surface area contributed by atoms with Crippen molar-refractivity contribution in [1.29, 1.82) is 0 Å². The van der Waals surface area contributed by atoms with E-state index in [9.17, 15) is 9.59 Å². The molecule has 9 heteroatoms. The zero-order chi connectivity index (χ0) is 17.1. The molecular formula is C16H23ClN4O3S. The number of aromatic nitrogens is 2. The standard InChI is InChI=1S/C16H22N4O3S.ClH/c1-10-12-15(19-11-4-3-8-20(11)16(12)22)24-13(10)14(21)18-6-5-17-7-9-23-2;/h17H,3-9H2,1-2H3,(H,18,21);1H. The van der Waals surface area contributed by atoms with E-state index in [0.717, 1.165) is 37.3 Å². The number of hydrogen-bond donors (Lipinski definition) is 2. The van der Waals surface area contributed by atoms with Crippen LogP contribution in [0.3, 0.4) is 0 Å². The molecule has 7 nitrogen and oxygen atoms in total. The van der Waals surface area contributed by atoms with E-state index >= 15 is 0 Å². The summed E-state index contributed by atoms with van der Waals surface area (Å²) in [5.74, 6) is 0.691. The molecule has 0 bridgehead atoms. The van der Waals surface area contributed by atoms with E-state index in [1.807, 2.05) is 6.92 Å². The second-order valence-electron chi connectivity index (χ2n) is 5.82. The Balaban J connectivity index is 0.00000225. The Morgan fingerprint density at radius 3 is 2.92 bits per heavy atom. The number of nitrogens with one attached hydrogen (secondary N) is 2. The van der Waals surface area contributed by atoms with Gasteiger partial charge in [0.1, 0.15) is 10.7 Å². The van der Waals surface area contributed by atoms with Crippen molar-refractivity contribution in [3.05, 3.63) is 26.6 Å². The van der Waals surface area contributed by atoms with Crippen molar-refractivity contribution in [1.82, 2.24) is 20.2 Å². The number of fused-ring (bicyclic) bond motifs is 2. The van der Waals surface area contributed by atoms with Crippen molar-refractivity contribution >= 4 is 39.9 Å². The SMILES string of the molecule is COCCNCCNC(=O)c1sc2nc3n(c(=O)c2c1C)CCC3.Cl. The molecule has 2 N–H and O–H groups in total. The van der Waals surface area contributed by atoms with Crippen molar-refractivity contribution in [3.63, 3.8) is 0 Å². The number of methoxy groups -OCH3 is 1. The Labute approximate surface area is 156 Å². The average Bonchev–Trinajstić information content (AvgIpc) is 3.16. The highest BCUT2D eigenvalue weighted by Crippen LogP contribution is 2.28. The van der Waals surface area contributed by atoms with Crippen molar-refractivity contribution in [2.75, 3.05) is 33.4 Å². The van der Waals surface area contributed by atoms with Gasteiger partial charge in [-0.2, -0.15) is 0 Å².